The molecule has 2 aromatic heterocycles. The van der Waals surface area contributed by atoms with Gasteiger partial charge in [0.25, 0.3) is 0 Å². The highest BCUT2D eigenvalue weighted by Gasteiger charge is 2.25. The molecule has 0 bridgehead atoms. The second-order valence-electron chi connectivity index (χ2n) is 9.10. The number of halogens is 3. The van der Waals surface area contributed by atoms with Crippen molar-refractivity contribution in [3.8, 4) is 17.0 Å². The molecule has 184 valence electrons. The van der Waals surface area contributed by atoms with Crippen LogP contribution >= 0.6 is 0 Å². The first-order valence-corrected chi connectivity index (χ1v) is 11.9. The first kappa shape index (κ1) is 23.4. The Morgan fingerprint density at radius 3 is 2.40 bits per heavy atom. The predicted molar refractivity (Wildman–Crippen MR) is 130 cm³/mol. The van der Waals surface area contributed by atoms with Crippen molar-refractivity contribution in [3.63, 3.8) is 0 Å². The normalized spacial score (nSPS) is 15.8. The second kappa shape index (κ2) is 9.73. The monoisotopic (exact) mass is 483 g/mol. The second-order valence-corrected chi connectivity index (χ2v) is 9.10. The van der Waals surface area contributed by atoms with E-state index in [9.17, 15) is 13.2 Å². The van der Waals surface area contributed by atoms with Crippen molar-refractivity contribution in [2.45, 2.75) is 26.3 Å². The standard InChI is InChI=1S/C26H28F3N5O/c1-16(2)34-11-12-35-25-21(28)13-17(14-23(25)34)24-20(27)5-3-18(31-24)15-19-4-6-22(26(29)32-19)33-9-7-30-8-10-33/h3-6,13-14,16,30H,7-12,15H2,1-2H3. The summed E-state index contributed by atoms with van der Waals surface area (Å²) >= 11 is 0. The fraction of sp³-hybridized carbons (Fsp3) is 0.385. The van der Waals surface area contributed by atoms with Crippen LogP contribution < -0.4 is 19.9 Å². The fourth-order valence-corrected chi connectivity index (χ4v) is 4.65. The van der Waals surface area contributed by atoms with Crippen LogP contribution in [0.25, 0.3) is 11.3 Å². The van der Waals surface area contributed by atoms with Crippen LogP contribution in [0.5, 0.6) is 5.75 Å². The number of piperazine rings is 1. The molecule has 0 atom stereocenters. The Hall–Kier alpha value is -3.33. The van der Waals surface area contributed by atoms with Gasteiger partial charge in [-0.2, -0.15) is 4.39 Å². The van der Waals surface area contributed by atoms with Crippen molar-refractivity contribution < 1.29 is 17.9 Å². The number of nitrogens with zero attached hydrogens (tertiary/aromatic N) is 4. The maximum atomic E-state index is 14.9. The van der Waals surface area contributed by atoms with Gasteiger partial charge in [-0.05, 0) is 50.2 Å². The molecule has 0 aliphatic carbocycles. The molecular formula is C26H28F3N5O. The Labute approximate surface area is 202 Å². The van der Waals surface area contributed by atoms with Crippen molar-refractivity contribution in [2.24, 2.45) is 0 Å². The van der Waals surface area contributed by atoms with Crippen LogP contribution in [-0.2, 0) is 6.42 Å². The number of nitrogens with one attached hydrogen (secondary N) is 1. The van der Waals surface area contributed by atoms with Crippen LogP contribution in [0.4, 0.5) is 24.5 Å². The predicted octanol–water partition coefficient (Wildman–Crippen LogP) is 4.17. The maximum Gasteiger partial charge on any atom is 0.236 e. The molecule has 9 heteroatoms. The number of anilines is 2. The van der Waals surface area contributed by atoms with Crippen molar-refractivity contribution in [2.75, 3.05) is 49.1 Å². The molecule has 6 nitrogen and oxygen atoms in total. The van der Waals surface area contributed by atoms with E-state index in [1.54, 1.807) is 24.3 Å². The minimum Gasteiger partial charge on any atom is -0.486 e. The molecule has 1 fully saturated rings. The smallest absolute Gasteiger partial charge is 0.236 e. The van der Waals surface area contributed by atoms with E-state index in [4.69, 9.17) is 4.74 Å². The van der Waals surface area contributed by atoms with Crippen LogP contribution in [0, 0.1) is 17.6 Å². The van der Waals surface area contributed by atoms with E-state index in [1.807, 2.05) is 23.6 Å². The number of aromatic nitrogens is 2. The lowest BCUT2D eigenvalue weighted by Crippen LogP contribution is -2.44. The molecule has 0 saturated carbocycles. The van der Waals surface area contributed by atoms with E-state index < -0.39 is 17.6 Å². The zero-order chi connectivity index (χ0) is 24.5. The van der Waals surface area contributed by atoms with Crippen LogP contribution in [-0.4, -0.2) is 55.3 Å². The molecule has 1 aromatic carbocycles. The molecule has 3 aromatic rings. The fourth-order valence-electron chi connectivity index (χ4n) is 4.65. The van der Waals surface area contributed by atoms with E-state index >= 15 is 0 Å². The highest BCUT2D eigenvalue weighted by molar-refractivity contribution is 5.72. The summed E-state index contributed by atoms with van der Waals surface area (Å²) in [6.07, 6.45) is 0.223. The number of rotatable bonds is 5. The first-order valence-electron chi connectivity index (χ1n) is 11.9. The molecule has 0 radical (unpaired) electrons. The van der Waals surface area contributed by atoms with Gasteiger partial charge in [0.15, 0.2) is 11.6 Å². The number of benzene rings is 1. The molecule has 1 saturated heterocycles. The van der Waals surface area contributed by atoms with Crippen molar-refractivity contribution in [1.29, 1.82) is 0 Å². The van der Waals surface area contributed by atoms with Crippen molar-refractivity contribution in [1.82, 2.24) is 15.3 Å². The van der Waals surface area contributed by atoms with Gasteiger partial charge in [-0.15, -0.1) is 0 Å². The van der Waals surface area contributed by atoms with Crippen LogP contribution in [0.1, 0.15) is 25.2 Å². The summed E-state index contributed by atoms with van der Waals surface area (Å²) in [5.74, 6) is -1.47. The number of hydrogen-bond acceptors (Lipinski definition) is 6. The van der Waals surface area contributed by atoms with E-state index in [-0.39, 0.29) is 23.9 Å². The van der Waals surface area contributed by atoms with Gasteiger partial charge in [0.05, 0.1) is 17.9 Å². The Bertz CT molecular complexity index is 1230. The molecular weight excluding hydrogens is 455 g/mol. The third kappa shape index (κ3) is 4.77. The van der Waals surface area contributed by atoms with Crippen LogP contribution in [0.2, 0.25) is 0 Å². The number of fused-ring (bicyclic) bond motifs is 1. The Balaban J connectivity index is 1.43. The Morgan fingerprint density at radius 1 is 0.914 bits per heavy atom. The van der Waals surface area contributed by atoms with E-state index in [2.05, 4.69) is 15.3 Å². The molecule has 4 heterocycles. The maximum absolute atomic E-state index is 14.9. The largest absolute Gasteiger partial charge is 0.486 e. The zero-order valence-electron chi connectivity index (χ0n) is 19.8. The minimum atomic E-state index is -0.561. The van der Waals surface area contributed by atoms with Crippen molar-refractivity contribution >= 4 is 11.4 Å². The van der Waals surface area contributed by atoms with Gasteiger partial charge in [0, 0.05) is 55.6 Å². The zero-order valence-corrected chi connectivity index (χ0v) is 19.8. The average Bonchev–Trinajstić information content (AvgIpc) is 2.85. The number of ether oxygens (including phenoxy) is 1. The van der Waals surface area contributed by atoms with Gasteiger partial charge >= 0.3 is 0 Å². The van der Waals surface area contributed by atoms with E-state index in [1.165, 1.54) is 12.1 Å². The van der Waals surface area contributed by atoms with Gasteiger partial charge in [-0.1, -0.05) is 0 Å². The average molecular weight is 484 g/mol. The summed E-state index contributed by atoms with van der Waals surface area (Å²) in [4.78, 5) is 12.6. The number of pyridine rings is 2. The SMILES string of the molecule is CC(C)N1CCOc2c(F)cc(-c3nc(Cc4ccc(N5CCNCC5)c(F)n4)ccc3F)cc21. The third-order valence-corrected chi connectivity index (χ3v) is 6.42. The Kier molecular flexibility index (Phi) is 6.51. The molecule has 0 unspecified atom stereocenters. The first-order chi connectivity index (χ1) is 16.9. The summed E-state index contributed by atoms with van der Waals surface area (Å²) in [7, 11) is 0. The molecule has 5 rings (SSSR count). The van der Waals surface area contributed by atoms with Gasteiger partial charge in [-0.3, -0.25) is 0 Å². The summed E-state index contributed by atoms with van der Waals surface area (Å²) in [5, 5.41) is 3.24. The lowest BCUT2D eigenvalue weighted by molar-refractivity contribution is 0.287. The summed E-state index contributed by atoms with van der Waals surface area (Å²) in [6.45, 7) is 8.07. The van der Waals surface area contributed by atoms with Gasteiger partial charge in [0.1, 0.15) is 18.1 Å². The summed E-state index contributed by atoms with van der Waals surface area (Å²) < 4.78 is 50.0. The van der Waals surface area contributed by atoms with Gasteiger partial charge in [0.2, 0.25) is 5.95 Å². The lowest BCUT2D eigenvalue weighted by Gasteiger charge is -2.34. The highest BCUT2D eigenvalue weighted by atomic mass is 19.1. The van der Waals surface area contributed by atoms with Gasteiger partial charge in [-0.25, -0.2) is 18.7 Å². The quantitative estimate of drug-likeness (QED) is 0.550. The van der Waals surface area contributed by atoms with Crippen LogP contribution in [0.15, 0.2) is 36.4 Å². The lowest BCUT2D eigenvalue weighted by atomic mass is 10.1. The molecule has 0 spiro atoms. The summed E-state index contributed by atoms with van der Waals surface area (Å²) in [5.41, 5.74) is 2.42. The van der Waals surface area contributed by atoms with Crippen LogP contribution in [0.3, 0.4) is 0 Å². The summed E-state index contributed by atoms with van der Waals surface area (Å²) in [6, 6.07) is 9.43. The third-order valence-electron chi connectivity index (χ3n) is 6.42. The highest BCUT2D eigenvalue weighted by Crippen LogP contribution is 2.39. The Morgan fingerprint density at radius 2 is 1.66 bits per heavy atom. The van der Waals surface area contributed by atoms with Crippen molar-refractivity contribution in [3.05, 3.63) is 65.4 Å². The van der Waals surface area contributed by atoms with Gasteiger partial charge < -0.3 is 19.9 Å². The minimum absolute atomic E-state index is 0.0383. The molecule has 2 aliphatic rings. The topological polar surface area (TPSA) is 53.5 Å². The molecule has 0 amide bonds. The van der Waals surface area contributed by atoms with E-state index in [0.29, 0.717) is 41.5 Å². The molecule has 1 N–H and O–H groups in total. The molecule has 2 aliphatic heterocycles. The molecule has 35 heavy (non-hydrogen) atoms. The number of hydrogen-bond donors (Lipinski definition) is 1. The van der Waals surface area contributed by atoms with E-state index in [0.717, 1.165) is 26.2 Å².